The van der Waals surface area contributed by atoms with Crippen LogP contribution in [0.5, 0.6) is 0 Å². The first kappa shape index (κ1) is 16.0. The van der Waals surface area contributed by atoms with Gasteiger partial charge in [-0.25, -0.2) is 4.79 Å². The molecule has 1 aliphatic rings. The van der Waals surface area contributed by atoms with Gasteiger partial charge in [0.1, 0.15) is 0 Å². The van der Waals surface area contributed by atoms with Gasteiger partial charge >= 0.3 is 5.97 Å². The summed E-state index contributed by atoms with van der Waals surface area (Å²) in [5, 5.41) is 11.9. The van der Waals surface area contributed by atoms with Gasteiger partial charge in [-0.05, 0) is 30.5 Å². The number of carbonyl (C=O) groups is 2. The van der Waals surface area contributed by atoms with E-state index in [1.54, 1.807) is 12.1 Å². The molecule has 1 saturated carbocycles. The van der Waals surface area contributed by atoms with Crippen LogP contribution in [-0.4, -0.2) is 17.0 Å². The summed E-state index contributed by atoms with van der Waals surface area (Å²) in [6.45, 7) is 0. The van der Waals surface area contributed by atoms with Crippen LogP contribution in [0.1, 0.15) is 55.3 Å². The molecule has 4 nitrogen and oxygen atoms in total. The van der Waals surface area contributed by atoms with Gasteiger partial charge in [0.25, 0.3) is 0 Å². The molecule has 1 fully saturated rings. The number of anilines is 1. The van der Waals surface area contributed by atoms with E-state index in [-0.39, 0.29) is 11.5 Å². The van der Waals surface area contributed by atoms with Crippen molar-refractivity contribution >= 4 is 33.5 Å². The predicted octanol–water partition coefficient (Wildman–Crippen LogP) is 4.45. The minimum atomic E-state index is -1.04. The van der Waals surface area contributed by atoms with E-state index in [0.29, 0.717) is 22.5 Å². The van der Waals surface area contributed by atoms with E-state index in [4.69, 9.17) is 5.11 Å². The van der Waals surface area contributed by atoms with Crippen molar-refractivity contribution in [3.8, 4) is 0 Å². The summed E-state index contributed by atoms with van der Waals surface area (Å²) in [5.74, 6) is -0.502. The third kappa shape index (κ3) is 4.84. The molecule has 21 heavy (non-hydrogen) atoms. The molecule has 2 N–H and O–H groups in total. The molecule has 0 aromatic heterocycles. The summed E-state index contributed by atoms with van der Waals surface area (Å²) >= 11 is 3.24. The molecule has 0 bridgehead atoms. The summed E-state index contributed by atoms with van der Waals surface area (Å²) in [6.07, 6.45) is 7.62. The van der Waals surface area contributed by atoms with Crippen molar-refractivity contribution in [2.24, 2.45) is 5.92 Å². The first-order valence-corrected chi connectivity index (χ1v) is 8.18. The highest BCUT2D eigenvalue weighted by atomic mass is 79.9. The van der Waals surface area contributed by atoms with Gasteiger partial charge in [0, 0.05) is 10.9 Å². The second kappa shape index (κ2) is 7.59. The average Bonchev–Trinajstić information content (AvgIpc) is 2.48. The fraction of sp³-hybridized carbons (Fsp3) is 0.500. The maximum atomic E-state index is 12.0. The predicted molar refractivity (Wildman–Crippen MR) is 85.5 cm³/mol. The average molecular weight is 354 g/mol. The molecule has 0 radical (unpaired) electrons. The smallest absolute Gasteiger partial charge is 0.337 e. The lowest BCUT2D eigenvalue weighted by Gasteiger charge is -2.21. The molecular formula is C16H20BrNO3. The Morgan fingerprint density at radius 2 is 1.95 bits per heavy atom. The van der Waals surface area contributed by atoms with E-state index in [1.165, 1.54) is 38.2 Å². The minimum absolute atomic E-state index is 0.106. The van der Waals surface area contributed by atoms with Crippen LogP contribution >= 0.6 is 15.9 Å². The molecule has 2 rings (SSSR count). The molecule has 1 amide bonds. The van der Waals surface area contributed by atoms with Crippen molar-refractivity contribution in [1.29, 1.82) is 0 Å². The summed E-state index contributed by atoms with van der Waals surface area (Å²) in [4.78, 5) is 23.2. The topological polar surface area (TPSA) is 66.4 Å². The molecule has 0 atom stereocenters. The van der Waals surface area contributed by atoms with Crippen LogP contribution in [-0.2, 0) is 4.79 Å². The number of halogens is 1. The molecule has 0 aliphatic heterocycles. The number of nitrogens with one attached hydrogen (secondary N) is 1. The maximum Gasteiger partial charge on any atom is 0.337 e. The Balaban J connectivity index is 1.91. The van der Waals surface area contributed by atoms with Crippen molar-refractivity contribution in [3.63, 3.8) is 0 Å². The molecule has 0 spiro atoms. The highest BCUT2D eigenvalue weighted by Gasteiger charge is 2.16. The number of hydrogen-bond acceptors (Lipinski definition) is 2. The third-order valence-corrected chi connectivity index (χ3v) is 4.48. The molecule has 0 saturated heterocycles. The SMILES string of the molecule is O=C(CCC1CCCCC1)Nc1ccc(Br)cc1C(=O)O. The first-order valence-electron chi connectivity index (χ1n) is 7.39. The molecule has 1 aliphatic carbocycles. The number of aromatic carboxylic acids is 1. The largest absolute Gasteiger partial charge is 0.478 e. The van der Waals surface area contributed by atoms with Gasteiger partial charge in [0.15, 0.2) is 0 Å². The number of carbonyl (C=O) groups excluding carboxylic acids is 1. The van der Waals surface area contributed by atoms with Crippen LogP contribution in [0.25, 0.3) is 0 Å². The molecule has 1 aromatic carbocycles. The van der Waals surface area contributed by atoms with Crippen LogP contribution in [0.4, 0.5) is 5.69 Å². The fourth-order valence-electron chi connectivity index (χ4n) is 2.83. The number of hydrogen-bond donors (Lipinski definition) is 2. The Kier molecular flexibility index (Phi) is 5.79. The molecule has 0 heterocycles. The van der Waals surface area contributed by atoms with Crippen LogP contribution in [0.15, 0.2) is 22.7 Å². The van der Waals surface area contributed by atoms with Crippen molar-refractivity contribution in [2.45, 2.75) is 44.9 Å². The van der Waals surface area contributed by atoms with Crippen molar-refractivity contribution in [2.75, 3.05) is 5.32 Å². The van der Waals surface area contributed by atoms with E-state index in [0.717, 1.165) is 6.42 Å². The van der Waals surface area contributed by atoms with Crippen LogP contribution < -0.4 is 5.32 Å². The van der Waals surface area contributed by atoms with Gasteiger partial charge in [0.2, 0.25) is 5.91 Å². The molecule has 5 heteroatoms. The third-order valence-electron chi connectivity index (χ3n) is 3.99. The number of carboxylic acid groups (broad SMARTS) is 1. The van der Waals surface area contributed by atoms with E-state index < -0.39 is 5.97 Å². The Morgan fingerprint density at radius 1 is 1.24 bits per heavy atom. The van der Waals surface area contributed by atoms with Crippen molar-refractivity contribution in [1.82, 2.24) is 0 Å². The van der Waals surface area contributed by atoms with Gasteiger partial charge in [0.05, 0.1) is 11.3 Å². The standard InChI is InChI=1S/C16H20BrNO3/c17-12-7-8-14(13(10-12)16(20)21)18-15(19)9-6-11-4-2-1-3-5-11/h7-8,10-11H,1-6,9H2,(H,18,19)(H,20,21). The van der Waals surface area contributed by atoms with Crippen LogP contribution in [0.2, 0.25) is 0 Å². The number of carboxylic acids is 1. The van der Waals surface area contributed by atoms with Crippen molar-refractivity contribution < 1.29 is 14.7 Å². The molecular weight excluding hydrogens is 334 g/mol. The molecule has 1 aromatic rings. The van der Waals surface area contributed by atoms with Crippen LogP contribution in [0.3, 0.4) is 0 Å². The van der Waals surface area contributed by atoms with Crippen LogP contribution in [0, 0.1) is 5.92 Å². The Morgan fingerprint density at radius 3 is 2.62 bits per heavy atom. The quantitative estimate of drug-likeness (QED) is 0.821. The first-order chi connectivity index (χ1) is 10.1. The molecule has 114 valence electrons. The Labute approximate surface area is 133 Å². The van der Waals surface area contributed by atoms with Gasteiger partial charge < -0.3 is 10.4 Å². The van der Waals surface area contributed by atoms with Gasteiger partial charge in [-0.3, -0.25) is 4.79 Å². The monoisotopic (exact) mass is 353 g/mol. The van der Waals surface area contributed by atoms with E-state index >= 15 is 0 Å². The lowest BCUT2D eigenvalue weighted by molar-refractivity contribution is -0.116. The van der Waals surface area contributed by atoms with Gasteiger partial charge in [-0.15, -0.1) is 0 Å². The van der Waals surface area contributed by atoms with Gasteiger partial charge in [-0.2, -0.15) is 0 Å². The minimum Gasteiger partial charge on any atom is -0.478 e. The lowest BCUT2D eigenvalue weighted by atomic mass is 9.86. The fourth-order valence-corrected chi connectivity index (χ4v) is 3.19. The zero-order valence-corrected chi connectivity index (χ0v) is 13.5. The number of amides is 1. The highest BCUT2D eigenvalue weighted by Crippen LogP contribution is 2.27. The second-order valence-corrected chi connectivity index (χ2v) is 6.50. The van der Waals surface area contributed by atoms with Gasteiger partial charge in [-0.1, -0.05) is 48.0 Å². The second-order valence-electron chi connectivity index (χ2n) is 5.59. The summed E-state index contributed by atoms with van der Waals surface area (Å²) in [6, 6.07) is 4.84. The normalized spacial score (nSPS) is 15.7. The van der Waals surface area contributed by atoms with E-state index in [2.05, 4.69) is 21.2 Å². The van der Waals surface area contributed by atoms with E-state index in [1.807, 2.05) is 0 Å². The number of rotatable bonds is 5. The summed E-state index contributed by atoms with van der Waals surface area (Å²) in [5.41, 5.74) is 0.467. The zero-order chi connectivity index (χ0) is 15.2. The highest BCUT2D eigenvalue weighted by molar-refractivity contribution is 9.10. The van der Waals surface area contributed by atoms with Crippen molar-refractivity contribution in [3.05, 3.63) is 28.2 Å². The lowest BCUT2D eigenvalue weighted by Crippen LogP contribution is -2.16. The maximum absolute atomic E-state index is 12.0. The summed E-state index contributed by atoms with van der Waals surface area (Å²) < 4.78 is 0.681. The number of benzene rings is 1. The Hall–Kier alpha value is -1.36. The summed E-state index contributed by atoms with van der Waals surface area (Å²) in [7, 11) is 0. The zero-order valence-electron chi connectivity index (χ0n) is 11.9. The Bertz CT molecular complexity index is 524. The molecule has 0 unspecified atom stereocenters. The van der Waals surface area contributed by atoms with E-state index in [9.17, 15) is 9.59 Å².